The molecule has 1 aliphatic heterocycles. The van der Waals surface area contributed by atoms with E-state index >= 15 is 0 Å². The second kappa shape index (κ2) is 9.13. The van der Waals surface area contributed by atoms with Crippen LogP contribution >= 0.6 is 0 Å². The Morgan fingerprint density at radius 3 is 2.75 bits per heavy atom. The van der Waals surface area contributed by atoms with Crippen molar-refractivity contribution in [3.05, 3.63) is 77.8 Å². The first-order valence-corrected chi connectivity index (χ1v) is 10.5. The molecule has 32 heavy (non-hydrogen) atoms. The van der Waals surface area contributed by atoms with Gasteiger partial charge in [-0.05, 0) is 44.5 Å². The zero-order chi connectivity index (χ0) is 22.7. The summed E-state index contributed by atoms with van der Waals surface area (Å²) in [4.78, 5) is 31.5. The normalized spacial score (nSPS) is 17.8. The average Bonchev–Trinajstić information content (AvgIpc) is 3.51. The number of benzene rings is 1. The van der Waals surface area contributed by atoms with E-state index in [1.165, 1.54) is 4.90 Å². The van der Waals surface area contributed by atoms with Crippen molar-refractivity contribution in [2.45, 2.75) is 32.9 Å². The number of nitrogens with zero attached hydrogens (tertiary/aromatic N) is 3. The Balaban J connectivity index is 1.71. The third kappa shape index (κ3) is 4.16. The van der Waals surface area contributed by atoms with Gasteiger partial charge < -0.3 is 23.7 Å². The van der Waals surface area contributed by atoms with Gasteiger partial charge in [0, 0.05) is 31.0 Å². The van der Waals surface area contributed by atoms with Gasteiger partial charge in [0.2, 0.25) is 0 Å². The molecule has 4 rings (SSSR count). The Morgan fingerprint density at radius 2 is 2.06 bits per heavy atom. The summed E-state index contributed by atoms with van der Waals surface area (Å²) in [5.74, 6) is 0.0231. The van der Waals surface area contributed by atoms with Crippen molar-refractivity contribution in [2.24, 2.45) is 0 Å². The quantitative estimate of drug-likeness (QED) is 0.329. The van der Waals surface area contributed by atoms with Gasteiger partial charge in [-0.15, -0.1) is 0 Å². The van der Waals surface area contributed by atoms with Crippen molar-refractivity contribution in [1.82, 2.24) is 14.5 Å². The molecule has 8 nitrogen and oxygen atoms in total. The molecule has 8 heteroatoms. The molecule has 0 unspecified atom stereocenters. The van der Waals surface area contributed by atoms with Gasteiger partial charge in [0.25, 0.3) is 11.7 Å². The third-order valence-electron chi connectivity index (χ3n) is 5.36. The Labute approximate surface area is 185 Å². The topological polar surface area (TPSA) is 97.8 Å². The van der Waals surface area contributed by atoms with E-state index in [2.05, 4.69) is 4.98 Å². The van der Waals surface area contributed by atoms with Crippen LogP contribution in [0.4, 0.5) is 0 Å². The lowest BCUT2D eigenvalue weighted by Crippen LogP contribution is -2.31. The first-order chi connectivity index (χ1) is 15.5. The van der Waals surface area contributed by atoms with E-state index in [9.17, 15) is 14.7 Å². The minimum atomic E-state index is -0.803. The van der Waals surface area contributed by atoms with E-state index in [0.717, 1.165) is 0 Å². The molecule has 1 fully saturated rings. The molecule has 1 aliphatic rings. The number of carbonyl (C=O) groups is 2. The fraction of sp³-hybridized carbons (Fsp3) is 0.292. The van der Waals surface area contributed by atoms with Crippen molar-refractivity contribution in [2.75, 3.05) is 13.2 Å². The number of aliphatic hydroxyl groups excluding tert-OH is 1. The van der Waals surface area contributed by atoms with Crippen LogP contribution in [0.15, 0.2) is 65.1 Å². The van der Waals surface area contributed by atoms with Crippen LogP contribution < -0.4 is 4.74 Å². The van der Waals surface area contributed by atoms with Crippen LogP contribution in [0.3, 0.4) is 0 Å². The number of carbonyl (C=O) groups excluding carboxylic acids is 2. The Bertz CT molecular complexity index is 1150. The number of aliphatic hydroxyl groups is 1. The van der Waals surface area contributed by atoms with Crippen molar-refractivity contribution < 1.29 is 23.8 Å². The highest BCUT2D eigenvalue weighted by Crippen LogP contribution is 2.40. The number of aryl methyl sites for hydroxylation is 2. The zero-order valence-electron chi connectivity index (χ0n) is 18.0. The highest BCUT2D eigenvalue weighted by Gasteiger charge is 2.47. The van der Waals surface area contributed by atoms with Crippen molar-refractivity contribution in [3.63, 3.8) is 0 Å². The summed E-state index contributed by atoms with van der Waals surface area (Å²) >= 11 is 0. The van der Waals surface area contributed by atoms with E-state index in [4.69, 9.17) is 9.15 Å². The van der Waals surface area contributed by atoms with E-state index in [1.807, 2.05) is 17.7 Å². The predicted octanol–water partition coefficient (Wildman–Crippen LogP) is 3.70. The van der Waals surface area contributed by atoms with E-state index < -0.39 is 17.7 Å². The first kappa shape index (κ1) is 21.4. The molecule has 0 spiro atoms. The molecular weight excluding hydrogens is 410 g/mol. The Hall–Kier alpha value is -3.81. The number of Topliss-reactive ketones (excluding diaryl/α,β-unsaturated/α-hetero) is 1. The number of amides is 1. The van der Waals surface area contributed by atoms with Gasteiger partial charge in [-0.3, -0.25) is 9.59 Å². The number of ether oxygens (including phenoxy) is 1. The van der Waals surface area contributed by atoms with E-state index in [-0.39, 0.29) is 11.3 Å². The summed E-state index contributed by atoms with van der Waals surface area (Å²) in [6.45, 7) is 5.09. The lowest BCUT2D eigenvalue weighted by atomic mass is 9.99. The standard InChI is InChI=1S/C24H25N3O5/c1-3-31-18-7-4-6-17(14-18)22(28)20-21(19-9-8-16(2)32-19)27(24(30)23(20)29)12-5-11-26-13-10-25-15-26/h4,6-10,13-15,21,28H,3,5,11-12H2,1-2H3/t21-/m1/s1. The predicted molar refractivity (Wildman–Crippen MR) is 117 cm³/mol. The van der Waals surface area contributed by atoms with Crippen LogP contribution in [-0.2, 0) is 16.1 Å². The van der Waals surface area contributed by atoms with E-state index in [1.54, 1.807) is 55.8 Å². The fourth-order valence-electron chi connectivity index (χ4n) is 3.90. The minimum Gasteiger partial charge on any atom is -0.507 e. The number of aromatic nitrogens is 2. The number of likely N-dealkylation sites (tertiary alicyclic amines) is 1. The molecule has 2 aromatic heterocycles. The number of imidazole rings is 1. The molecule has 1 saturated heterocycles. The van der Waals surface area contributed by atoms with Crippen LogP contribution in [0.25, 0.3) is 5.76 Å². The zero-order valence-corrected chi connectivity index (χ0v) is 18.0. The molecule has 3 aromatic rings. The van der Waals surface area contributed by atoms with Gasteiger partial charge >= 0.3 is 0 Å². The fourth-order valence-corrected chi connectivity index (χ4v) is 3.90. The second-order valence-corrected chi connectivity index (χ2v) is 7.56. The molecule has 1 aromatic carbocycles. The molecule has 1 amide bonds. The highest BCUT2D eigenvalue weighted by atomic mass is 16.5. The van der Waals surface area contributed by atoms with Gasteiger partial charge in [0.15, 0.2) is 0 Å². The van der Waals surface area contributed by atoms with Gasteiger partial charge in [-0.25, -0.2) is 4.98 Å². The molecule has 3 heterocycles. The van der Waals surface area contributed by atoms with Crippen LogP contribution in [-0.4, -0.2) is 44.4 Å². The summed E-state index contributed by atoms with van der Waals surface area (Å²) in [5, 5.41) is 11.1. The molecular formula is C24H25N3O5. The molecule has 0 bridgehead atoms. The van der Waals surface area contributed by atoms with Gasteiger partial charge in [-0.2, -0.15) is 0 Å². The maximum Gasteiger partial charge on any atom is 0.295 e. The molecule has 0 aliphatic carbocycles. The van der Waals surface area contributed by atoms with Crippen LogP contribution in [0.5, 0.6) is 5.75 Å². The Kier molecular flexibility index (Phi) is 6.11. The summed E-state index contributed by atoms with van der Waals surface area (Å²) in [6.07, 6.45) is 5.84. The van der Waals surface area contributed by atoms with E-state index in [0.29, 0.717) is 49.0 Å². The number of ketones is 1. The Morgan fingerprint density at radius 1 is 1.22 bits per heavy atom. The average molecular weight is 435 g/mol. The first-order valence-electron chi connectivity index (χ1n) is 10.5. The van der Waals surface area contributed by atoms with Gasteiger partial charge in [-0.1, -0.05) is 12.1 Å². The lowest BCUT2D eigenvalue weighted by Gasteiger charge is -2.23. The molecule has 0 radical (unpaired) electrons. The largest absolute Gasteiger partial charge is 0.507 e. The van der Waals surface area contributed by atoms with Crippen LogP contribution in [0, 0.1) is 6.92 Å². The lowest BCUT2D eigenvalue weighted by molar-refractivity contribution is -0.140. The molecule has 1 atom stereocenters. The third-order valence-corrected chi connectivity index (χ3v) is 5.36. The minimum absolute atomic E-state index is 0.0145. The maximum absolute atomic E-state index is 13.0. The number of rotatable bonds is 8. The molecule has 1 N–H and O–H groups in total. The molecule has 0 saturated carbocycles. The number of hydrogen-bond donors (Lipinski definition) is 1. The van der Waals surface area contributed by atoms with Crippen molar-refractivity contribution >= 4 is 17.4 Å². The van der Waals surface area contributed by atoms with Gasteiger partial charge in [0.05, 0.1) is 18.5 Å². The monoisotopic (exact) mass is 435 g/mol. The highest BCUT2D eigenvalue weighted by molar-refractivity contribution is 6.46. The maximum atomic E-state index is 13.0. The smallest absolute Gasteiger partial charge is 0.295 e. The van der Waals surface area contributed by atoms with Gasteiger partial charge in [0.1, 0.15) is 29.1 Å². The van der Waals surface area contributed by atoms with Crippen molar-refractivity contribution in [1.29, 1.82) is 0 Å². The SMILES string of the molecule is CCOc1cccc(C(O)=C2C(=O)C(=O)N(CCCn3ccnc3)[C@@H]2c2ccc(C)o2)c1. The summed E-state index contributed by atoms with van der Waals surface area (Å²) in [6, 6.07) is 9.53. The van der Waals surface area contributed by atoms with Crippen LogP contribution in [0.2, 0.25) is 0 Å². The van der Waals surface area contributed by atoms with Crippen molar-refractivity contribution in [3.8, 4) is 5.75 Å². The molecule has 166 valence electrons. The summed E-state index contributed by atoms with van der Waals surface area (Å²) < 4.78 is 13.2. The second-order valence-electron chi connectivity index (χ2n) is 7.56. The summed E-state index contributed by atoms with van der Waals surface area (Å²) in [7, 11) is 0. The number of hydrogen-bond acceptors (Lipinski definition) is 6. The number of furan rings is 1. The summed E-state index contributed by atoms with van der Waals surface area (Å²) in [5.41, 5.74) is 0.418. The van der Waals surface area contributed by atoms with Crippen LogP contribution in [0.1, 0.15) is 36.5 Å².